The van der Waals surface area contributed by atoms with Gasteiger partial charge in [0.2, 0.25) is 0 Å². The minimum absolute atomic E-state index is 0.163. The number of carboxylic acids is 1. The lowest BCUT2D eigenvalue weighted by molar-refractivity contribution is 0.0696. The summed E-state index contributed by atoms with van der Waals surface area (Å²) in [5.74, 6) is -2.32. The van der Waals surface area contributed by atoms with Crippen molar-refractivity contribution in [2.45, 2.75) is 18.4 Å². The van der Waals surface area contributed by atoms with E-state index in [1.807, 2.05) is 30.3 Å². The molecule has 0 fully saturated rings. The smallest absolute Gasteiger partial charge is 0.335 e. The Morgan fingerprint density at radius 2 is 1.96 bits per heavy atom. The average Bonchev–Trinajstić information content (AvgIpc) is 3.03. The van der Waals surface area contributed by atoms with Crippen LogP contribution < -0.4 is 4.72 Å². The van der Waals surface area contributed by atoms with Crippen molar-refractivity contribution in [1.29, 1.82) is 0 Å². The van der Waals surface area contributed by atoms with Gasteiger partial charge in [0.1, 0.15) is 5.82 Å². The topological polar surface area (TPSA) is 101 Å². The Labute approximate surface area is 155 Å². The number of aromatic carboxylic acids is 1. The quantitative estimate of drug-likeness (QED) is 0.675. The number of rotatable bonds is 6. The number of halogens is 1. The van der Waals surface area contributed by atoms with Gasteiger partial charge in [-0.2, -0.15) is 5.10 Å². The van der Waals surface area contributed by atoms with Crippen LogP contribution in [0, 0.1) is 12.7 Å². The normalized spacial score (nSPS) is 11.3. The van der Waals surface area contributed by atoms with Crippen LogP contribution >= 0.6 is 0 Å². The van der Waals surface area contributed by atoms with Crippen molar-refractivity contribution in [2.75, 3.05) is 4.72 Å². The molecule has 0 saturated heterocycles. The number of aromatic nitrogens is 2. The highest BCUT2D eigenvalue weighted by atomic mass is 32.2. The van der Waals surface area contributed by atoms with E-state index in [2.05, 4.69) is 9.82 Å². The Kier molecular flexibility index (Phi) is 4.95. The van der Waals surface area contributed by atoms with Crippen LogP contribution in [0.2, 0.25) is 0 Å². The fraction of sp³-hybridized carbons (Fsp3) is 0.111. The first-order valence-electron chi connectivity index (χ1n) is 7.89. The summed E-state index contributed by atoms with van der Waals surface area (Å²) in [4.78, 5) is 10.6. The second-order valence-corrected chi connectivity index (χ2v) is 7.55. The first kappa shape index (κ1) is 18.6. The highest BCUT2D eigenvalue weighted by molar-refractivity contribution is 7.92. The fourth-order valence-electron chi connectivity index (χ4n) is 2.54. The van der Waals surface area contributed by atoms with Crippen LogP contribution in [0.25, 0.3) is 0 Å². The third-order valence-electron chi connectivity index (χ3n) is 3.91. The first-order chi connectivity index (χ1) is 12.8. The summed E-state index contributed by atoms with van der Waals surface area (Å²) in [5, 5.41) is 13.1. The molecular weight excluding hydrogens is 373 g/mol. The molecule has 0 amide bonds. The van der Waals surface area contributed by atoms with Gasteiger partial charge in [0.05, 0.1) is 28.9 Å². The van der Waals surface area contributed by atoms with E-state index in [0.29, 0.717) is 6.54 Å². The number of carbonyl (C=O) groups is 1. The first-order valence-corrected chi connectivity index (χ1v) is 9.37. The van der Waals surface area contributed by atoms with Gasteiger partial charge in [0.15, 0.2) is 0 Å². The van der Waals surface area contributed by atoms with Crippen molar-refractivity contribution in [2.24, 2.45) is 0 Å². The molecular formula is C18H16FN3O4S. The number of sulfonamides is 1. The van der Waals surface area contributed by atoms with E-state index in [4.69, 9.17) is 5.11 Å². The van der Waals surface area contributed by atoms with Crippen LogP contribution in [0.1, 0.15) is 21.5 Å². The van der Waals surface area contributed by atoms with Gasteiger partial charge < -0.3 is 5.11 Å². The van der Waals surface area contributed by atoms with E-state index in [9.17, 15) is 17.6 Å². The van der Waals surface area contributed by atoms with E-state index in [1.54, 1.807) is 4.68 Å². The monoisotopic (exact) mass is 389 g/mol. The maximum atomic E-state index is 13.9. The van der Waals surface area contributed by atoms with Crippen molar-refractivity contribution in [1.82, 2.24) is 9.78 Å². The Bertz CT molecular complexity index is 1100. The minimum atomic E-state index is -4.19. The number of hydrogen-bond donors (Lipinski definition) is 2. The molecule has 0 atom stereocenters. The molecule has 2 N–H and O–H groups in total. The van der Waals surface area contributed by atoms with Gasteiger partial charge in [-0.1, -0.05) is 30.3 Å². The van der Waals surface area contributed by atoms with Crippen LogP contribution in [0.5, 0.6) is 0 Å². The maximum Gasteiger partial charge on any atom is 0.335 e. The second-order valence-electron chi connectivity index (χ2n) is 5.90. The summed E-state index contributed by atoms with van der Waals surface area (Å²) in [6, 6.07) is 11.2. The predicted molar refractivity (Wildman–Crippen MR) is 96.7 cm³/mol. The predicted octanol–water partition coefficient (Wildman–Crippen LogP) is 2.88. The minimum Gasteiger partial charge on any atom is -0.478 e. The molecule has 1 heterocycles. The van der Waals surface area contributed by atoms with Crippen LogP contribution in [-0.2, 0) is 16.6 Å². The lowest BCUT2D eigenvalue weighted by Crippen LogP contribution is -2.16. The number of anilines is 1. The molecule has 0 unspecified atom stereocenters. The van der Waals surface area contributed by atoms with Gasteiger partial charge in [0, 0.05) is 11.8 Å². The summed E-state index contributed by atoms with van der Waals surface area (Å²) in [7, 11) is -4.19. The molecule has 0 spiro atoms. The molecule has 3 aromatic rings. The Hall–Kier alpha value is -3.20. The van der Waals surface area contributed by atoms with Gasteiger partial charge in [0.25, 0.3) is 10.0 Å². The zero-order chi connectivity index (χ0) is 19.6. The standard InChI is InChI=1S/C18H16FN3O4S/c1-12-16(19)7-14(18(23)24)8-17(12)27(25,26)21-15-9-20-22(11-15)10-13-5-3-2-4-6-13/h2-9,11,21H,10H2,1H3,(H,23,24). The molecule has 9 heteroatoms. The lowest BCUT2D eigenvalue weighted by atomic mass is 10.1. The molecule has 27 heavy (non-hydrogen) atoms. The van der Waals surface area contributed by atoms with Crippen LogP contribution in [0.3, 0.4) is 0 Å². The summed E-state index contributed by atoms with van der Waals surface area (Å²) >= 11 is 0. The number of hydrogen-bond acceptors (Lipinski definition) is 4. The zero-order valence-electron chi connectivity index (χ0n) is 14.3. The summed E-state index contributed by atoms with van der Waals surface area (Å²) in [5.41, 5.74) is 0.566. The molecule has 1 aromatic heterocycles. The lowest BCUT2D eigenvalue weighted by Gasteiger charge is -2.10. The van der Waals surface area contributed by atoms with E-state index in [-0.39, 0.29) is 11.3 Å². The van der Waals surface area contributed by atoms with E-state index in [0.717, 1.165) is 17.7 Å². The van der Waals surface area contributed by atoms with Crippen LogP contribution in [0.15, 0.2) is 59.8 Å². The van der Waals surface area contributed by atoms with Crippen molar-refractivity contribution < 1.29 is 22.7 Å². The number of nitrogens with one attached hydrogen (secondary N) is 1. The van der Waals surface area contributed by atoms with Gasteiger partial charge in [-0.15, -0.1) is 0 Å². The fourth-order valence-corrected chi connectivity index (χ4v) is 3.85. The van der Waals surface area contributed by atoms with Crippen molar-refractivity contribution in [3.8, 4) is 0 Å². The molecule has 7 nitrogen and oxygen atoms in total. The van der Waals surface area contributed by atoms with E-state index >= 15 is 0 Å². The Morgan fingerprint density at radius 1 is 1.26 bits per heavy atom. The van der Waals surface area contributed by atoms with E-state index in [1.165, 1.54) is 19.3 Å². The van der Waals surface area contributed by atoms with Crippen LogP contribution in [0.4, 0.5) is 10.1 Å². The molecule has 0 radical (unpaired) electrons. The third-order valence-corrected chi connectivity index (χ3v) is 5.41. The molecule has 0 aliphatic rings. The number of benzene rings is 2. The largest absolute Gasteiger partial charge is 0.478 e. The Morgan fingerprint density at radius 3 is 2.63 bits per heavy atom. The second kappa shape index (κ2) is 7.20. The van der Waals surface area contributed by atoms with Gasteiger partial charge in [-0.05, 0) is 24.6 Å². The summed E-state index contributed by atoms with van der Waals surface area (Å²) < 4.78 is 43.0. The SMILES string of the molecule is Cc1c(F)cc(C(=O)O)cc1S(=O)(=O)Nc1cnn(Cc2ccccc2)c1. The average molecular weight is 389 g/mol. The molecule has 0 aliphatic carbocycles. The molecule has 0 bridgehead atoms. The van der Waals surface area contributed by atoms with E-state index < -0.39 is 32.3 Å². The molecule has 0 saturated carbocycles. The van der Waals surface area contributed by atoms with Gasteiger partial charge >= 0.3 is 5.97 Å². The highest BCUT2D eigenvalue weighted by Gasteiger charge is 2.22. The summed E-state index contributed by atoms with van der Waals surface area (Å²) in [6.07, 6.45) is 2.82. The third kappa shape index (κ3) is 4.14. The van der Waals surface area contributed by atoms with Crippen LogP contribution in [-0.4, -0.2) is 29.3 Å². The van der Waals surface area contributed by atoms with Crippen molar-refractivity contribution in [3.05, 3.63) is 77.4 Å². The zero-order valence-corrected chi connectivity index (χ0v) is 15.1. The molecule has 3 rings (SSSR count). The molecule has 140 valence electrons. The summed E-state index contributed by atoms with van der Waals surface area (Å²) in [6.45, 7) is 1.72. The van der Waals surface area contributed by atoms with Gasteiger partial charge in [-0.3, -0.25) is 9.40 Å². The highest BCUT2D eigenvalue weighted by Crippen LogP contribution is 2.23. The van der Waals surface area contributed by atoms with Crippen molar-refractivity contribution >= 4 is 21.7 Å². The van der Waals surface area contributed by atoms with Crippen molar-refractivity contribution in [3.63, 3.8) is 0 Å². The number of nitrogens with zero attached hydrogens (tertiary/aromatic N) is 2. The Balaban J connectivity index is 1.86. The number of carboxylic acid groups (broad SMARTS) is 1. The van der Waals surface area contributed by atoms with Gasteiger partial charge in [-0.25, -0.2) is 17.6 Å². The maximum absolute atomic E-state index is 13.9. The molecule has 2 aromatic carbocycles. The molecule has 0 aliphatic heterocycles.